The van der Waals surface area contributed by atoms with E-state index in [4.69, 9.17) is 0 Å². The first-order chi connectivity index (χ1) is 10.9. The second kappa shape index (κ2) is 5.64. The fourth-order valence-corrected chi connectivity index (χ4v) is 3.07. The Kier molecular flexibility index (Phi) is 3.35. The summed E-state index contributed by atoms with van der Waals surface area (Å²) in [7, 11) is 0. The van der Waals surface area contributed by atoms with E-state index >= 15 is 0 Å². The van der Waals surface area contributed by atoms with Crippen LogP contribution in [0.2, 0.25) is 0 Å². The Balaban J connectivity index is 1.91. The van der Waals surface area contributed by atoms with Crippen LogP contribution < -0.4 is 0 Å². The van der Waals surface area contributed by atoms with Gasteiger partial charge in [0.1, 0.15) is 11.4 Å². The van der Waals surface area contributed by atoms with Gasteiger partial charge in [-0.1, -0.05) is 12.1 Å². The Bertz CT molecular complexity index is 716. The van der Waals surface area contributed by atoms with Crippen molar-refractivity contribution in [1.82, 2.24) is 20.2 Å². The zero-order valence-corrected chi connectivity index (χ0v) is 12.2. The molecule has 3 aromatic rings. The van der Waals surface area contributed by atoms with Crippen molar-refractivity contribution in [2.75, 3.05) is 0 Å². The highest BCUT2D eigenvalue weighted by Gasteiger charge is 2.22. The average Bonchev–Trinajstić information content (AvgIpc) is 2.62. The third kappa shape index (κ3) is 2.26. The SMILES string of the molecule is c1ccc(-c2nnc(-c3ccccn3)c3c2CCCC3)nc1. The van der Waals surface area contributed by atoms with E-state index in [-0.39, 0.29) is 0 Å². The quantitative estimate of drug-likeness (QED) is 0.724. The molecule has 4 heteroatoms. The molecule has 0 radical (unpaired) electrons. The molecule has 0 aromatic carbocycles. The van der Waals surface area contributed by atoms with Gasteiger partial charge in [0, 0.05) is 12.4 Å². The molecular weight excluding hydrogens is 272 g/mol. The van der Waals surface area contributed by atoms with E-state index in [1.807, 2.05) is 36.4 Å². The highest BCUT2D eigenvalue weighted by atomic mass is 15.1. The Morgan fingerprint density at radius 3 is 1.55 bits per heavy atom. The standard InChI is InChI=1S/C18H16N4/c1-2-8-14-13(7-1)17(15-9-3-5-11-19-15)21-22-18(14)16-10-4-6-12-20-16/h3-6,9-12H,1-2,7-8H2. The number of fused-ring (bicyclic) bond motifs is 1. The summed E-state index contributed by atoms with van der Waals surface area (Å²) in [6, 6.07) is 11.8. The second-order valence-corrected chi connectivity index (χ2v) is 5.49. The van der Waals surface area contributed by atoms with Gasteiger partial charge in [0.15, 0.2) is 0 Å². The van der Waals surface area contributed by atoms with E-state index in [2.05, 4.69) is 20.2 Å². The molecule has 4 nitrogen and oxygen atoms in total. The van der Waals surface area contributed by atoms with Crippen LogP contribution in [0.15, 0.2) is 48.8 Å². The summed E-state index contributed by atoms with van der Waals surface area (Å²) < 4.78 is 0. The van der Waals surface area contributed by atoms with Crippen molar-refractivity contribution < 1.29 is 0 Å². The maximum atomic E-state index is 4.49. The third-order valence-electron chi connectivity index (χ3n) is 4.10. The van der Waals surface area contributed by atoms with E-state index < -0.39 is 0 Å². The van der Waals surface area contributed by atoms with E-state index in [1.165, 1.54) is 24.0 Å². The van der Waals surface area contributed by atoms with Gasteiger partial charge in [-0.05, 0) is 61.1 Å². The highest BCUT2D eigenvalue weighted by Crippen LogP contribution is 2.33. The maximum absolute atomic E-state index is 4.49. The zero-order chi connectivity index (χ0) is 14.8. The number of hydrogen-bond acceptors (Lipinski definition) is 4. The van der Waals surface area contributed by atoms with Crippen LogP contribution in [-0.4, -0.2) is 20.2 Å². The van der Waals surface area contributed by atoms with Crippen LogP contribution in [-0.2, 0) is 12.8 Å². The molecule has 4 rings (SSSR count). The summed E-state index contributed by atoms with van der Waals surface area (Å²) in [5.41, 5.74) is 6.24. The van der Waals surface area contributed by atoms with Gasteiger partial charge in [0.05, 0.1) is 11.4 Å². The highest BCUT2D eigenvalue weighted by molar-refractivity contribution is 5.68. The molecule has 3 heterocycles. The van der Waals surface area contributed by atoms with Gasteiger partial charge in [0.25, 0.3) is 0 Å². The van der Waals surface area contributed by atoms with Crippen molar-refractivity contribution in [3.8, 4) is 22.8 Å². The van der Waals surface area contributed by atoms with Gasteiger partial charge in [-0.25, -0.2) is 0 Å². The lowest BCUT2D eigenvalue weighted by atomic mass is 9.88. The van der Waals surface area contributed by atoms with E-state index in [9.17, 15) is 0 Å². The number of pyridine rings is 2. The molecule has 0 bridgehead atoms. The summed E-state index contributed by atoms with van der Waals surface area (Å²) in [6.45, 7) is 0. The Morgan fingerprint density at radius 2 is 1.14 bits per heavy atom. The van der Waals surface area contributed by atoms with Gasteiger partial charge < -0.3 is 0 Å². The van der Waals surface area contributed by atoms with E-state index in [1.54, 1.807) is 12.4 Å². The van der Waals surface area contributed by atoms with Gasteiger partial charge in [0.2, 0.25) is 0 Å². The number of rotatable bonds is 2. The molecule has 0 atom stereocenters. The summed E-state index contributed by atoms with van der Waals surface area (Å²) in [4.78, 5) is 8.88. The zero-order valence-electron chi connectivity index (χ0n) is 12.2. The van der Waals surface area contributed by atoms with Gasteiger partial charge in [-0.2, -0.15) is 0 Å². The van der Waals surface area contributed by atoms with Crippen molar-refractivity contribution in [2.45, 2.75) is 25.7 Å². The van der Waals surface area contributed by atoms with Crippen molar-refractivity contribution in [2.24, 2.45) is 0 Å². The number of aromatic nitrogens is 4. The molecule has 0 saturated carbocycles. The van der Waals surface area contributed by atoms with Crippen LogP contribution in [0.25, 0.3) is 22.8 Å². The Hall–Kier alpha value is -2.62. The average molecular weight is 288 g/mol. The topological polar surface area (TPSA) is 51.6 Å². The van der Waals surface area contributed by atoms with Crippen molar-refractivity contribution in [1.29, 1.82) is 0 Å². The van der Waals surface area contributed by atoms with Crippen molar-refractivity contribution in [3.63, 3.8) is 0 Å². The summed E-state index contributed by atoms with van der Waals surface area (Å²) in [5, 5.41) is 8.97. The van der Waals surface area contributed by atoms with Gasteiger partial charge >= 0.3 is 0 Å². The molecule has 0 N–H and O–H groups in total. The minimum atomic E-state index is 0.903. The van der Waals surface area contributed by atoms with Crippen LogP contribution in [0.1, 0.15) is 24.0 Å². The van der Waals surface area contributed by atoms with Crippen LogP contribution in [0, 0.1) is 0 Å². The van der Waals surface area contributed by atoms with Gasteiger partial charge in [-0.3, -0.25) is 9.97 Å². The monoisotopic (exact) mass is 288 g/mol. The molecule has 0 unspecified atom stereocenters. The third-order valence-corrected chi connectivity index (χ3v) is 4.10. The van der Waals surface area contributed by atoms with Crippen LogP contribution in [0.5, 0.6) is 0 Å². The molecule has 0 saturated heterocycles. The first-order valence-corrected chi connectivity index (χ1v) is 7.65. The molecule has 0 aliphatic heterocycles. The van der Waals surface area contributed by atoms with Crippen molar-refractivity contribution in [3.05, 3.63) is 59.9 Å². The molecule has 1 aliphatic carbocycles. The van der Waals surface area contributed by atoms with Crippen LogP contribution in [0.4, 0.5) is 0 Å². The molecule has 0 amide bonds. The minimum absolute atomic E-state index is 0.903. The summed E-state index contributed by atoms with van der Waals surface area (Å²) >= 11 is 0. The number of hydrogen-bond donors (Lipinski definition) is 0. The normalized spacial score (nSPS) is 13.6. The minimum Gasteiger partial charge on any atom is -0.255 e. The maximum Gasteiger partial charge on any atom is 0.115 e. The lowest BCUT2D eigenvalue weighted by Crippen LogP contribution is -2.11. The Labute approximate surface area is 129 Å². The van der Waals surface area contributed by atoms with Crippen LogP contribution in [0.3, 0.4) is 0 Å². The molecule has 3 aromatic heterocycles. The van der Waals surface area contributed by atoms with E-state index in [0.29, 0.717) is 0 Å². The molecule has 22 heavy (non-hydrogen) atoms. The first kappa shape index (κ1) is 13.1. The van der Waals surface area contributed by atoms with Crippen LogP contribution >= 0.6 is 0 Å². The predicted octanol–water partition coefficient (Wildman–Crippen LogP) is 3.48. The fourth-order valence-electron chi connectivity index (χ4n) is 3.07. The second-order valence-electron chi connectivity index (χ2n) is 5.49. The molecular formula is C18H16N4. The fraction of sp³-hybridized carbons (Fsp3) is 0.222. The predicted molar refractivity (Wildman–Crippen MR) is 85.1 cm³/mol. The molecule has 108 valence electrons. The summed E-state index contributed by atoms with van der Waals surface area (Å²) in [5.74, 6) is 0. The molecule has 0 fully saturated rings. The van der Waals surface area contributed by atoms with E-state index in [0.717, 1.165) is 35.6 Å². The Morgan fingerprint density at radius 1 is 0.636 bits per heavy atom. The molecule has 1 aliphatic rings. The largest absolute Gasteiger partial charge is 0.255 e. The lowest BCUT2D eigenvalue weighted by molar-refractivity contribution is 0.677. The number of nitrogens with zero attached hydrogens (tertiary/aromatic N) is 4. The van der Waals surface area contributed by atoms with Crippen molar-refractivity contribution >= 4 is 0 Å². The lowest BCUT2D eigenvalue weighted by Gasteiger charge is -2.20. The first-order valence-electron chi connectivity index (χ1n) is 7.65. The van der Waals surface area contributed by atoms with Gasteiger partial charge in [-0.15, -0.1) is 10.2 Å². The smallest absolute Gasteiger partial charge is 0.115 e. The molecule has 0 spiro atoms. The summed E-state index contributed by atoms with van der Waals surface area (Å²) in [6.07, 6.45) is 8.07.